The molecule has 0 saturated carbocycles. The van der Waals surface area contributed by atoms with Crippen molar-refractivity contribution >= 4 is 12.0 Å². The summed E-state index contributed by atoms with van der Waals surface area (Å²) in [7, 11) is 0. The highest BCUT2D eigenvalue weighted by atomic mass is 19.1. The molecule has 0 bridgehead atoms. The lowest BCUT2D eigenvalue weighted by Gasteiger charge is -2.34. The van der Waals surface area contributed by atoms with Crippen LogP contribution in [0.4, 0.5) is 23.9 Å². The molecule has 3 aromatic rings. The van der Waals surface area contributed by atoms with E-state index in [2.05, 4.69) is 15.3 Å². The highest BCUT2D eigenvalue weighted by molar-refractivity contribution is 5.74. The highest BCUT2D eigenvalue weighted by Gasteiger charge is 2.22. The normalized spacial score (nSPS) is 13.7. The molecule has 1 aliphatic rings. The molecule has 1 aromatic heterocycles. The summed E-state index contributed by atoms with van der Waals surface area (Å²) in [6, 6.07) is 9.69. The molecule has 2 amide bonds. The van der Waals surface area contributed by atoms with Gasteiger partial charge in [-0.3, -0.25) is 0 Å². The molecule has 0 unspecified atom stereocenters. The fourth-order valence-corrected chi connectivity index (χ4v) is 3.25. The molecule has 2 heterocycles. The Labute approximate surface area is 182 Å². The van der Waals surface area contributed by atoms with Crippen LogP contribution in [0.1, 0.15) is 5.56 Å². The Morgan fingerprint density at radius 3 is 2.31 bits per heavy atom. The van der Waals surface area contributed by atoms with E-state index in [1.54, 1.807) is 17.0 Å². The summed E-state index contributed by atoms with van der Waals surface area (Å²) in [6.07, 6.45) is 2.21. The van der Waals surface area contributed by atoms with Crippen molar-refractivity contribution in [2.75, 3.05) is 31.1 Å². The van der Waals surface area contributed by atoms with Gasteiger partial charge >= 0.3 is 6.03 Å². The minimum Gasteiger partial charge on any atom is -0.451 e. The van der Waals surface area contributed by atoms with Crippen LogP contribution < -0.4 is 15.0 Å². The number of nitrogens with one attached hydrogen (secondary N) is 1. The highest BCUT2D eigenvalue weighted by Crippen LogP contribution is 2.27. The van der Waals surface area contributed by atoms with E-state index in [1.165, 1.54) is 30.3 Å². The maximum Gasteiger partial charge on any atom is 0.317 e. The number of urea groups is 1. The van der Waals surface area contributed by atoms with Crippen molar-refractivity contribution in [1.29, 1.82) is 0 Å². The first kappa shape index (κ1) is 21.4. The number of rotatable bonds is 5. The Morgan fingerprint density at radius 2 is 1.62 bits per heavy atom. The number of nitrogens with zero attached hydrogens (tertiary/aromatic N) is 4. The number of carbonyl (C=O) groups excluding carboxylic acids is 1. The number of carbonyl (C=O) groups is 1. The van der Waals surface area contributed by atoms with Crippen LogP contribution in [-0.2, 0) is 6.54 Å². The summed E-state index contributed by atoms with van der Waals surface area (Å²) in [5.74, 6) is -1.51. The molecule has 32 heavy (non-hydrogen) atoms. The topological polar surface area (TPSA) is 70.6 Å². The number of hydrogen-bond donors (Lipinski definition) is 1. The van der Waals surface area contributed by atoms with Gasteiger partial charge in [-0.15, -0.1) is 0 Å². The van der Waals surface area contributed by atoms with Gasteiger partial charge in [0, 0.05) is 32.7 Å². The number of para-hydroxylation sites is 1. The quantitative estimate of drug-likeness (QED) is 0.651. The molecule has 10 heteroatoms. The number of benzene rings is 2. The first-order valence-electron chi connectivity index (χ1n) is 9.95. The van der Waals surface area contributed by atoms with E-state index >= 15 is 0 Å². The molecule has 166 valence electrons. The summed E-state index contributed by atoms with van der Waals surface area (Å²) in [6.45, 7) is 2.02. The third kappa shape index (κ3) is 5.08. The van der Waals surface area contributed by atoms with Crippen LogP contribution in [-0.4, -0.2) is 47.1 Å². The molecule has 4 rings (SSSR count). The van der Waals surface area contributed by atoms with Crippen molar-refractivity contribution in [3.05, 3.63) is 77.9 Å². The number of hydrogen-bond acceptors (Lipinski definition) is 5. The van der Waals surface area contributed by atoms with E-state index in [9.17, 15) is 18.0 Å². The zero-order chi connectivity index (χ0) is 22.5. The second-order valence-corrected chi connectivity index (χ2v) is 7.13. The molecule has 0 aliphatic carbocycles. The second-order valence-electron chi connectivity index (χ2n) is 7.13. The molecule has 7 nitrogen and oxygen atoms in total. The predicted molar refractivity (Wildman–Crippen MR) is 111 cm³/mol. The van der Waals surface area contributed by atoms with Gasteiger partial charge in [-0.05, 0) is 29.8 Å². The molecule has 1 aliphatic heterocycles. The molecule has 1 fully saturated rings. The van der Waals surface area contributed by atoms with E-state index in [0.717, 1.165) is 12.4 Å². The smallest absolute Gasteiger partial charge is 0.317 e. The third-order valence-corrected chi connectivity index (χ3v) is 4.95. The molecular formula is C22H20F3N5O2. The molecule has 1 saturated heterocycles. The van der Waals surface area contributed by atoms with Gasteiger partial charge in [-0.2, -0.15) is 0 Å². The van der Waals surface area contributed by atoms with Crippen LogP contribution in [0.5, 0.6) is 11.5 Å². The van der Waals surface area contributed by atoms with Crippen molar-refractivity contribution in [3.63, 3.8) is 0 Å². The van der Waals surface area contributed by atoms with Crippen LogP contribution in [0.2, 0.25) is 0 Å². The van der Waals surface area contributed by atoms with E-state index in [4.69, 9.17) is 4.74 Å². The summed E-state index contributed by atoms with van der Waals surface area (Å²) in [5.41, 5.74) is 0.537. The standard InChI is InChI=1S/C22H20F3N5O2/c23-16-13-26-21(27-14-16)29-7-9-30(10-8-29)22(31)28-12-15-5-6-20(18(25)11-15)32-19-4-2-1-3-17(19)24/h1-6,11,13-14H,7-10,12H2,(H,28,31). The zero-order valence-electron chi connectivity index (χ0n) is 17.0. The summed E-state index contributed by atoms with van der Waals surface area (Å²) in [4.78, 5) is 23.8. The number of aromatic nitrogens is 2. The number of ether oxygens (including phenoxy) is 1. The number of amides is 2. The van der Waals surface area contributed by atoms with Crippen molar-refractivity contribution < 1.29 is 22.7 Å². The van der Waals surface area contributed by atoms with E-state index in [1.807, 2.05) is 4.90 Å². The van der Waals surface area contributed by atoms with Crippen LogP contribution in [0.15, 0.2) is 54.9 Å². The van der Waals surface area contributed by atoms with Gasteiger partial charge < -0.3 is 19.9 Å². The van der Waals surface area contributed by atoms with Crippen LogP contribution in [0.3, 0.4) is 0 Å². The number of anilines is 1. The van der Waals surface area contributed by atoms with Gasteiger partial charge in [-0.25, -0.2) is 27.9 Å². The predicted octanol–water partition coefficient (Wildman–Crippen LogP) is 3.72. The molecule has 2 aromatic carbocycles. The van der Waals surface area contributed by atoms with E-state index in [-0.39, 0.29) is 24.1 Å². The van der Waals surface area contributed by atoms with Crippen LogP contribution >= 0.6 is 0 Å². The van der Waals surface area contributed by atoms with Crippen molar-refractivity contribution in [2.24, 2.45) is 0 Å². The second kappa shape index (κ2) is 9.54. The Kier molecular flexibility index (Phi) is 6.39. The van der Waals surface area contributed by atoms with Gasteiger partial charge in [0.1, 0.15) is 0 Å². The van der Waals surface area contributed by atoms with Gasteiger partial charge in [0.15, 0.2) is 29.0 Å². The lowest BCUT2D eigenvalue weighted by Crippen LogP contribution is -2.52. The van der Waals surface area contributed by atoms with Crippen molar-refractivity contribution in [1.82, 2.24) is 20.2 Å². The molecule has 0 radical (unpaired) electrons. The SMILES string of the molecule is O=C(NCc1ccc(Oc2ccccc2F)c(F)c1)N1CCN(c2ncc(F)cn2)CC1. The lowest BCUT2D eigenvalue weighted by atomic mass is 10.2. The number of piperazine rings is 1. The number of halogens is 3. The van der Waals surface area contributed by atoms with Crippen LogP contribution in [0.25, 0.3) is 0 Å². The Morgan fingerprint density at radius 1 is 0.938 bits per heavy atom. The molecule has 0 atom stereocenters. The van der Waals surface area contributed by atoms with Gasteiger partial charge in [-0.1, -0.05) is 18.2 Å². The Balaban J connectivity index is 1.28. The van der Waals surface area contributed by atoms with E-state index < -0.39 is 17.5 Å². The summed E-state index contributed by atoms with van der Waals surface area (Å²) < 4.78 is 46.3. The van der Waals surface area contributed by atoms with Gasteiger partial charge in [0.2, 0.25) is 5.95 Å². The largest absolute Gasteiger partial charge is 0.451 e. The Hall–Kier alpha value is -3.82. The maximum atomic E-state index is 14.4. The van der Waals surface area contributed by atoms with Gasteiger partial charge in [0.25, 0.3) is 0 Å². The fraction of sp³-hybridized carbons (Fsp3) is 0.227. The lowest BCUT2D eigenvalue weighted by molar-refractivity contribution is 0.193. The first-order chi connectivity index (χ1) is 15.5. The van der Waals surface area contributed by atoms with Crippen LogP contribution in [0, 0.1) is 17.5 Å². The fourth-order valence-electron chi connectivity index (χ4n) is 3.25. The minimum absolute atomic E-state index is 0.0716. The monoisotopic (exact) mass is 443 g/mol. The first-order valence-corrected chi connectivity index (χ1v) is 9.95. The van der Waals surface area contributed by atoms with Crippen molar-refractivity contribution in [2.45, 2.75) is 6.54 Å². The average molecular weight is 443 g/mol. The zero-order valence-corrected chi connectivity index (χ0v) is 17.0. The van der Waals surface area contributed by atoms with Crippen molar-refractivity contribution in [3.8, 4) is 11.5 Å². The minimum atomic E-state index is -0.659. The average Bonchev–Trinajstić information content (AvgIpc) is 2.81. The van der Waals surface area contributed by atoms with Gasteiger partial charge in [0.05, 0.1) is 12.4 Å². The van der Waals surface area contributed by atoms with E-state index in [0.29, 0.717) is 37.7 Å². The Bertz CT molecular complexity index is 1090. The molecular weight excluding hydrogens is 423 g/mol. The third-order valence-electron chi connectivity index (χ3n) is 4.95. The molecule has 1 N–H and O–H groups in total. The summed E-state index contributed by atoms with van der Waals surface area (Å²) >= 11 is 0. The maximum absolute atomic E-state index is 14.4. The summed E-state index contributed by atoms with van der Waals surface area (Å²) in [5, 5.41) is 2.76. The molecule has 0 spiro atoms.